The number of carbonyl (C=O) groups excluding carboxylic acids is 5. The second-order valence-corrected chi connectivity index (χ2v) is 13.3. The van der Waals surface area contributed by atoms with E-state index in [4.69, 9.17) is 19.9 Å². The molecule has 5 rings (SSSR count). The van der Waals surface area contributed by atoms with Crippen LogP contribution >= 0.6 is 0 Å². The van der Waals surface area contributed by atoms with Crippen LogP contribution < -0.4 is 31.7 Å². The van der Waals surface area contributed by atoms with Crippen LogP contribution in [-0.4, -0.2) is 55.3 Å². The number of carbonyl (C=O) groups is 5. The zero-order chi connectivity index (χ0) is 38.6. The van der Waals surface area contributed by atoms with Gasteiger partial charge in [0.15, 0.2) is 0 Å². The molecule has 0 radical (unpaired) electrons. The Morgan fingerprint density at radius 1 is 0.759 bits per heavy atom. The summed E-state index contributed by atoms with van der Waals surface area (Å²) in [6.45, 7) is 5.67. The summed E-state index contributed by atoms with van der Waals surface area (Å²) in [5.74, 6) is -1.24. The van der Waals surface area contributed by atoms with E-state index in [-0.39, 0.29) is 38.0 Å². The minimum absolute atomic E-state index is 0.0578. The number of nitrogens with two attached hydrogens (primary N) is 1. The van der Waals surface area contributed by atoms with Crippen molar-refractivity contribution in [3.63, 3.8) is 0 Å². The van der Waals surface area contributed by atoms with Gasteiger partial charge in [-0.15, -0.1) is 0 Å². The number of anilines is 1. The van der Waals surface area contributed by atoms with Crippen LogP contribution in [0.2, 0.25) is 0 Å². The Morgan fingerprint density at radius 3 is 2.00 bits per heavy atom. The molecule has 6 N–H and O–H groups in total. The summed E-state index contributed by atoms with van der Waals surface area (Å²) in [6, 6.07) is 26.8. The number of hydrogen-bond acceptors (Lipinski definition) is 8. The van der Waals surface area contributed by atoms with Gasteiger partial charge in [0.1, 0.15) is 31.0 Å². The van der Waals surface area contributed by atoms with Gasteiger partial charge in [0.25, 0.3) is 0 Å². The summed E-state index contributed by atoms with van der Waals surface area (Å²) >= 11 is 0. The molecular weight excluding hydrogens is 690 g/mol. The Bertz CT molecular complexity index is 1900. The molecule has 0 aliphatic heterocycles. The van der Waals surface area contributed by atoms with Gasteiger partial charge < -0.3 is 41.2 Å². The number of amides is 5. The number of aryl methyl sites for hydroxylation is 1. The normalized spacial score (nSPS) is 12.7. The van der Waals surface area contributed by atoms with E-state index in [0.29, 0.717) is 23.4 Å². The van der Waals surface area contributed by atoms with Gasteiger partial charge in [-0.2, -0.15) is 0 Å². The largest absolute Gasteiger partial charge is 0.514 e. The van der Waals surface area contributed by atoms with Crippen molar-refractivity contribution in [2.24, 2.45) is 11.7 Å². The van der Waals surface area contributed by atoms with Crippen molar-refractivity contribution in [3.8, 4) is 16.9 Å². The minimum Gasteiger partial charge on any atom is -0.449 e. The summed E-state index contributed by atoms with van der Waals surface area (Å²) in [7, 11) is 0. The Hall–Kier alpha value is -6.37. The number of hydrogen-bond donors (Lipinski definition) is 5. The molecule has 2 atom stereocenters. The molecule has 1 aliphatic carbocycles. The molecule has 0 fully saturated rings. The monoisotopic (exact) mass is 735 g/mol. The molecule has 13 heteroatoms. The van der Waals surface area contributed by atoms with Crippen molar-refractivity contribution in [3.05, 3.63) is 119 Å². The third kappa shape index (κ3) is 10.6. The summed E-state index contributed by atoms with van der Waals surface area (Å²) in [4.78, 5) is 63.5. The lowest BCUT2D eigenvalue weighted by Crippen LogP contribution is -2.54. The number of ether oxygens (including phenoxy) is 3. The van der Waals surface area contributed by atoms with Crippen molar-refractivity contribution >= 4 is 35.8 Å². The van der Waals surface area contributed by atoms with Crippen LogP contribution in [0, 0.1) is 12.8 Å². The highest BCUT2D eigenvalue weighted by Gasteiger charge is 2.32. The van der Waals surface area contributed by atoms with E-state index in [1.807, 2.05) is 67.6 Å². The summed E-state index contributed by atoms with van der Waals surface area (Å²) in [6.07, 6.45) is -1.14. The summed E-state index contributed by atoms with van der Waals surface area (Å²) < 4.78 is 16.1. The van der Waals surface area contributed by atoms with E-state index >= 15 is 0 Å². The lowest BCUT2D eigenvalue weighted by Gasteiger charge is -2.25. The van der Waals surface area contributed by atoms with Gasteiger partial charge in [-0.3, -0.25) is 9.59 Å². The van der Waals surface area contributed by atoms with E-state index in [2.05, 4.69) is 21.3 Å². The van der Waals surface area contributed by atoms with Crippen LogP contribution in [0.15, 0.2) is 97.1 Å². The van der Waals surface area contributed by atoms with Crippen molar-refractivity contribution < 1.29 is 38.2 Å². The molecule has 0 spiro atoms. The predicted molar refractivity (Wildman–Crippen MR) is 203 cm³/mol. The topological polar surface area (TPSA) is 187 Å². The fourth-order valence-corrected chi connectivity index (χ4v) is 6.14. The van der Waals surface area contributed by atoms with Crippen LogP contribution in [0.1, 0.15) is 54.9 Å². The number of rotatable bonds is 15. The quantitative estimate of drug-likeness (QED) is 0.0547. The molecule has 1 aliphatic rings. The Labute approximate surface area is 313 Å². The maximum Gasteiger partial charge on any atom is 0.514 e. The van der Waals surface area contributed by atoms with E-state index in [0.717, 1.165) is 27.8 Å². The van der Waals surface area contributed by atoms with Gasteiger partial charge >= 0.3 is 18.3 Å². The molecule has 5 amide bonds. The number of alkyl carbamates (subject to hydrolysis) is 1. The fraction of sp³-hybridized carbons (Fsp3) is 0.293. The number of fused-ring (bicyclic) bond motifs is 3. The first-order valence-corrected chi connectivity index (χ1v) is 17.7. The third-order valence-corrected chi connectivity index (χ3v) is 8.97. The van der Waals surface area contributed by atoms with E-state index in [1.165, 1.54) is 0 Å². The molecule has 0 saturated carbocycles. The first-order valence-electron chi connectivity index (χ1n) is 17.7. The van der Waals surface area contributed by atoms with Crippen molar-refractivity contribution in [1.29, 1.82) is 0 Å². The lowest BCUT2D eigenvalue weighted by atomic mass is 9.98. The smallest absolute Gasteiger partial charge is 0.449 e. The summed E-state index contributed by atoms with van der Waals surface area (Å²) in [5.41, 5.74) is 11.6. The first kappa shape index (κ1) is 38.9. The average molecular weight is 736 g/mol. The molecule has 4 aromatic carbocycles. The zero-order valence-corrected chi connectivity index (χ0v) is 30.4. The van der Waals surface area contributed by atoms with E-state index in [1.54, 1.807) is 50.2 Å². The van der Waals surface area contributed by atoms with Gasteiger partial charge in [0.05, 0.1) is 0 Å². The highest BCUT2D eigenvalue weighted by atomic mass is 16.7. The molecule has 0 bridgehead atoms. The number of nitrogens with one attached hydrogen (secondary N) is 4. The average Bonchev–Trinajstić information content (AvgIpc) is 3.48. The van der Waals surface area contributed by atoms with Crippen molar-refractivity contribution in [2.75, 3.05) is 18.5 Å². The molecule has 0 unspecified atom stereocenters. The Morgan fingerprint density at radius 2 is 1.39 bits per heavy atom. The molecule has 0 aromatic heterocycles. The number of benzene rings is 4. The minimum atomic E-state index is -1.03. The van der Waals surface area contributed by atoms with E-state index < -0.39 is 42.2 Å². The lowest BCUT2D eigenvalue weighted by molar-refractivity contribution is -0.128. The highest BCUT2D eigenvalue weighted by molar-refractivity contribution is 5.98. The molecule has 54 heavy (non-hydrogen) atoms. The van der Waals surface area contributed by atoms with Crippen LogP contribution in [0.5, 0.6) is 5.75 Å². The maximum atomic E-state index is 13.6. The van der Waals surface area contributed by atoms with Gasteiger partial charge in [0, 0.05) is 18.2 Å². The van der Waals surface area contributed by atoms with E-state index in [9.17, 15) is 24.0 Å². The second kappa shape index (κ2) is 18.4. The molecule has 282 valence electrons. The van der Waals surface area contributed by atoms with Gasteiger partial charge in [-0.05, 0) is 77.8 Å². The third-order valence-electron chi connectivity index (χ3n) is 8.97. The molecular formula is C41H45N5O8. The SMILES string of the molecule is Cc1ccc(OC(=O)OCc2ccc(NC(=O)[C@H](CCCNC(N)=O)NC(=O)[C@@H](NC(=O)OCC3c4ccccc4-c4ccccc43)C(C)C)cc2)cc1. The first-order chi connectivity index (χ1) is 26.0. The number of urea groups is 1. The van der Waals surface area contributed by atoms with Crippen LogP contribution in [0.4, 0.5) is 20.1 Å². The van der Waals surface area contributed by atoms with Gasteiger partial charge in [0.2, 0.25) is 11.8 Å². The number of primary amides is 1. The van der Waals surface area contributed by atoms with Crippen LogP contribution in [0.25, 0.3) is 11.1 Å². The summed E-state index contributed by atoms with van der Waals surface area (Å²) in [5, 5.41) is 10.7. The standard InChI is InChI=1S/C41H45N5O8/c1-25(2)36(46-40(50)52-24-34-32-11-6-4-9-30(32)31-10-5-7-12-33(31)34)38(48)45-35(13-8-22-43-39(42)49)37(47)44-28-18-16-27(17-19-28)23-53-41(51)54-29-20-14-26(3)15-21-29/h4-7,9-12,14-21,25,34-36H,8,13,22-24H2,1-3H3,(H,44,47)(H,45,48)(H,46,50)(H3,42,43,49)/t35-,36-/m0/s1. The molecule has 0 saturated heterocycles. The zero-order valence-electron chi connectivity index (χ0n) is 30.4. The molecule has 13 nitrogen and oxygen atoms in total. The second-order valence-electron chi connectivity index (χ2n) is 13.3. The fourth-order valence-electron chi connectivity index (χ4n) is 6.14. The van der Waals surface area contributed by atoms with Crippen LogP contribution in [-0.2, 0) is 25.7 Å². The molecule has 0 heterocycles. The van der Waals surface area contributed by atoms with Crippen LogP contribution in [0.3, 0.4) is 0 Å². The highest BCUT2D eigenvalue weighted by Crippen LogP contribution is 2.44. The van der Waals surface area contributed by atoms with Crippen molar-refractivity contribution in [1.82, 2.24) is 16.0 Å². The molecule has 4 aromatic rings. The maximum absolute atomic E-state index is 13.6. The predicted octanol–water partition coefficient (Wildman–Crippen LogP) is 6.15. The van der Waals surface area contributed by atoms with Crippen molar-refractivity contribution in [2.45, 2.75) is 58.2 Å². The van der Waals surface area contributed by atoms with Gasteiger partial charge in [-0.1, -0.05) is 92.2 Å². The van der Waals surface area contributed by atoms with Gasteiger partial charge in [-0.25, -0.2) is 14.4 Å². The Balaban J connectivity index is 1.17. The Kier molecular flexibility index (Phi) is 13.2.